The van der Waals surface area contributed by atoms with Gasteiger partial charge in [-0.25, -0.2) is 4.79 Å². The van der Waals surface area contributed by atoms with E-state index in [-0.39, 0.29) is 11.8 Å². The highest BCUT2D eigenvalue weighted by Gasteiger charge is 2.27. The average Bonchev–Trinajstić information content (AvgIpc) is 2.75. The van der Waals surface area contributed by atoms with E-state index in [0.717, 1.165) is 0 Å². The topological polar surface area (TPSA) is 96.1 Å². The van der Waals surface area contributed by atoms with Gasteiger partial charge in [-0.15, -0.1) is 0 Å². The number of aromatic amines is 1. The number of hydrogen-bond donors (Lipinski definition) is 3. The number of carbonyl (C=O) groups is 2. The van der Waals surface area contributed by atoms with Gasteiger partial charge in [0, 0.05) is 6.20 Å². The highest BCUT2D eigenvalue weighted by atomic mass is 16.6. The van der Waals surface area contributed by atoms with Gasteiger partial charge in [-0.2, -0.15) is 5.10 Å². The third-order valence-electron chi connectivity index (χ3n) is 2.39. The summed E-state index contributed by atoms with van der Waals surface area (Å²) in [5, 5.41) is 11.6. The lowest BCUT2D eigenvalue weighted by atomic mass is 10.0. The maximum absolute atomic E-state index is 12.1. The van der Waals surface area contributed by atoms with Crippen molar-refractivity contribution in [3.63, 3.8) is 0 Å². The molecule has 2 amide bonds. The Balaban J connectivity index is 2.64. The molecule has 112 valence electrons. The third-order valence-corrected chi connectivity index (χ3v) is 2.39. The first-order valence-corrected chi connectivity index (χ1v) is 6.48. The number of nitrogens with one attached hydrogen (secondary N) is 3. The molecule has 0 aliphatic carbocycles. The number of aromatic nitrogens is 2. The first-order valence-electron chi connectivity index (χ1n) is 6.48. The molecule has 0 aromatic carbocycles. The van der Waals surface area contributed by atoms with Crippen molar-refractivity contribution < 1.29 is 14.3 Å². The molecule has 0 unspecified atom stereocenters. The molecule has 0 bridgehead atoms. The van der Waals surface area contributed by atoms with Gasteiger partial charge in [0.15, 0.2) is 0 Å². The maximum atomic E-state index is 12.1. The van der Waals surface area contributed by atoms with Gasteiger partial charge in [0.05, 0.1) is 11.9 Å². The van der Waals surface area contributed by atoms with Crippen molar-refractivity contribution in [2.24, 2.45) is 5.92 Å². The Hall–Kier alpha value is -2.05. The number of alkyl carbamates (subject to hydrolysis) is 1. The van der Waals surface area contributed by atoms with Gasteiger partial charge in [0.1, 0.15) is 11.6 Å². The first-order chi connectivity index (χ1) is 9.19. The fourth-order valence-corrected chi connectivity index (χ4v) is 1.51. The molecular weight excluding hydrogens is 260 g/mol. The summed E-state index contributed by atoms with van der Waals surface area (Å²) >= 11 is 0. The normalized spacial score (nSPS) is 12.9. The van der Waals surface area contributed by atoms with Crippen LogP contribution in [0.4, 0.5) is 10.5 Å². The van der Waals surface area contributed by atoms with Crippen molar-refractivity contribution in [1.82, 2.24) is 15.5 Å². The van der Waals surface area contributed by atoms with E-state index in [1.165, 1.54) is 6.20 Å². The number of ether oxygens (including phenoxy) is 1. The van der Waals surface area contributed by atoms with E-state index in [4.69, 9.17) is 4.74 Å². The van der Waals surface area contributed by atoms with Crippen LogP contribution in [0.3, 0.4) is 0 Å². The Morgan fingerprint density at radius 3 is 2.45 bits per heavy atom. The second-order valence-electron chi connectivity index (χ2n) is 5.84. The summed E-state index contributed by atoms with van der Waals surface area (Å²) in [5.41, 5.74) is -0.0567. The molecule has 0 saturated heterocycles. The Kier molecular flexibility index (Phi) is 5.12. The molecular formula is C13H22N4O3. The highest BCUT2D eigenvalue weighted by Crippen LogP contribution is 2.10. The monoisotopic (exact) mass is 282 g/mol. The summed E-state index contributed by atoms with van der Waals surface area (Å²) in [6.45, 7) is 8.99. The minimum Gasteiger partial charge on any atom is -0.444 e. The number of hydrogen-bond acceptors (Lipinski definition) is 4. The van der Waals surface area contributed by atoms with Gasteiger partial charge in [0.2, 0.25) is 5.91 Å². The second-order valence-corrected chi connectivity index (χ2v) is 5.84. The minimum absolute atomic E-state index is 0.0746. The average molecular weight is 282 g/mol. The SMILES string of the molecule is CC(C)[C@H](NC(=O)OC(C)(C)C)C(=O)Nc1cn[nH]c1. The molecule has 0 spiro atoms. The number of nitrogens with zero attached hydrogens (tertiary/aromatic N) is 1. The summed E-state index contributed by atoms with van der Waals surface area (Å²) in [5.74, 6) is -0.387. The quantitative estimate of drug-likeness (QED) is 0.785. The van der Waals surface area contributed by atoms with Crippen molar-refractivity contribution in [2.45, 2.75) is 46.3 Å². The third kappa shape index (κ3) is 5.29. The maximum Gasteiger partial charge on any atom is 0.408 e. The van der Waals surface area contributed by atoms with E-state index in [2.05, 4.69) is 20.8 Å². The molecule has 0 saturated carbocycles. The molecule has 0 fully saturated rings. The Labute approximate surface area is 118 Å². The molecule has 1 atom stereocenters. The van der Waals surface area contributed by atoms with Crippen LogP contribution in [0.1, 0.15) is 34.6 Å². The lowest BCUT2D eigenvalue weighted by Gasteiger charge is -2.25. The van der Waals surface area contributed by atoms with Gasteiger partial charge in [-0.3, -0.25) is 9.89 Å². The number of carbonyl (C=O) groups excluding carboxylic acids is 2. The summed E-state index contributed by atoms with van der Waals surface area (Å²) < 4.78 is 5.16. The smallest absolute Gasteiger partial charge is 0.408 e. The van der Waals surface area contributed by atoms with Crippen LogP contribution in [-0.4, -0.2) is 33.8 Å². The summed E-state index contributed by atoms with van der Waals surface area (Å²) in [7, 11) is 0. The molecule has 0 aliphatic rings. The molecule has 20 heavy (non-hydrogen) atoms. The van der Waals surface area contributed by atoms with Crippen molar-refractivity contribution in [3.8, 4) is 0 Å². The molecule has 3 N–H and O–H groups in total. The van der Waals surface area contributed by atoms with E-state index < -0.39 is 17.7 Å². The zero-order valence-electron chi connectivity index (χ0n) is 12.5. The van der Waals surface area contributed by atoms with Gasteiger partial charge >= 0.3 is 6.09 Å². The molecule has 1 aromatic rings. The Morgan fingerprint density at radius 2 is 2.00 bits per heavy atom. The summed E-state index contributed by atoms with van der Waals surface area (Å²) in [4.78, 5) is 23.9. The fourth-order valence-electron chi connectivity index (χ4n) is 1.51. The largest absolute Gasteiger partial charge is 0.444 e. The van der Waals surface area contributed by atoms with E-state index in [1.807, 2.05) is 13.8 Å². The fraction of sp³-hybridized carbons (Fsp3) is 0.615. The number of H-pyrrole nitrogens is 1. The number of amides is 2. The predicted octanol–water partition coefficient (Wildman–Crippen LogP) is 1.90. The van der Waals surface area contributed by atoms with Gasteiger partial charge in [0.25, 0.3) is 0 Å². The van der Waals surface area contributed by atoms with Crippen LogP contribution in [0.2, 0.25) is 0 Å². The van der Waals surface area contributed by atoms with Crippen LogP contribution in [-0.2, 0) is 9.53 Å². The van der Waals surface area contributed by atoms with Crippen LogP contribution in [0.5, 0.6) is 0 Å². The first kappa shape index (κ1) is 16.0. The van der Waals surface area contributed by atoms with Gasteiger partial charge in [-0.1, -0.05) is 13.8 Å². The standard InChI is InChI=1S/C13H22N4O3/c1-8(2)10(17-12(19)20-13(3,4)5)11(18)16-9-6-14-15-7-9/h6-8,10H,1-5H3,(H,14,15)(H,16,18)(H,17,19)/t10-/m0/s1. The van der Waals surface area contributed by atoms with E-state index in [1.54, 1.807) is 27.0 Å². The Bertz CT molecular complexity index is 449. The molecule has 0 aliphatic heterocycles. The van der Waals surface area contributed by atoms with E-state index >= 15 is 0 Å². The van der Waals surface area contributed by atoms with Crippen molar-refractivity contribution in [2.75, 3.05) is 5.32 Å². The van der Waals surface area contributed by atoms with Gasteiger partial charge < -0.3 is 15.4 Å². The second kappa shape index (κ2) is 6.40. The Morgan fingerprint density at radius 1 is 1.35 bits per heavy atom. The minimum atomic E-state index is -0.681. The molecule has 7 nitrogen and oxygen atoms in total. The summed E-state index contributed by atoms with van der Waals surface area (Å²) in [6.07, 6.45) is 2.43. The molecule has 7 heteroatoms. The summed E-state index contributed by atoms with van der Waals surface area (Å²) in [6, 6.07) is -0.681. The van der Waals surface area contributed by atoms with Crippen LogP contribution >= 0.6 is 0 Å². The zero-order valence-corrected chi connectivity index (χ0v) is 12.5. The predicted molar refractivity (Wildman–Crippen MR) is 75.2 cm³/mol. The molecule has 1 rings (SSSR count). The molecule has 1 heterocycles. The van der Waals surface area contributed by atoms with Crippen molar-refractivity contribution in [3.05, 3.63) is 12.4 Å². The van der Waals surface area contributed by atoms with Crippen LogP contribution in [0, 0.1) is 5.92 Å². The molecule has 0 radical (unpaired) electrons. The van der Waals surface area contributed by atoms with Crippen LogP contribution in [0.25, 0.3) is 0 Å². The van der Waals surface area contributed by atoms with Crippen molar-refractivity contribution in [1.29, 1.82) is 0 Å². The highest BCUT2D eigenvalue weighted by molar-refractivity contribution is 5.96. The van der Waals surface area contributed by atoms with E-state index in [0.29, 0.717) is 5.69 Å². The number of anilines is 1. The van der Waals surface area contributed by atoms with E-state index in [9.17, 15) is 9.59 Å². The van der Waals surface area contributed by atoms with Crippen molar-refractivity contribution >= 4 is 17.7 Å². The molecule has 1 aromatic heterocycles. The lowest BCUT2D eigenvalue weighted by Crippen LogP contribution is -2.48. The van der Waals surface area contributed by atoms with Crippen LogP contribution in [0.15, 0.2) is 12.4 Å². The number of rotatable bonds is 4. The van der Waals surface area contributed by atoms with Gasteiger partial charge in [-0.05, 0) is 26.7 Å². The lowest BCUT2D eigenvalue weighted by molar-refractivity contribution is -0.119. The zero-order chi connectivity index (χ0) is 15.3. The van der Waals surface area contributed by atoms with Crippen LogP contribution < -0.4 is 10.6 Å².